The molecule has 6 heteroatoms. The van der Waals surface area contributed by atoms with Crippen molar-refractivity contribution in [2.24, 2.45) is 0 Å². The Balaban J connectivity index is 1.78. The lowest BCUT2D eigenvalue weighted by atomic mass is 10.2. The first-order valence-corrected chi connectivity index (χ1v) is 7.93. The Hall–Kier alpha value is -2.24. The second kappa shape index (κ2) is 9.15. The topological polar surface area (TPSA) is 59.6 Å². The number of ether oxygens (including phenoxy) is 2. The van der Waals surface area contributed by atoms with Gasteiger partial charge in [-0.3, -0.25) is 4.79 Å². The summed E-state index contributed by atoms with van der Waals surface area (Å²) >= 11 is 6.07. The van der Waals surface area contributed by atoms with Crippen molar-refractivity contribution in [1.82, 2.24) is 10.6 Å². The van der Waals surface area contributed by atoms with Gasteiger partial charge in [0.2, 0.25) is 5.91 Å². The van der Waals surface area contributed by atoms with E-state index in [4.69, 9.17) is 21.1 Å². The molecule has 0 aliphatic carbocycles. The molecule has 0 saturated heterocycles. The highest BCUT2D eigenvalue weighted by Gasteiger charge is 2.06. The molecule has 0 radical (unpaired) electrons. The third-order valence-electron chi connectivity index (χ3n) is 3.50. The van der Waals surface area contributed by atoms with Gasteiger partial charge in [-0.15, -0.1) is 0 Å². The first-order chi connectivity index (χ1) is 11.6. The van der Waals surface area contributed by atoms with Crippen LogP contribution in [0, 0.1) is 0 Å². The van der Waals surface area contributed by atoms with Crippen LogP contribution >= 0.6 is 11.6 Å². The summed E-state index contributed by atoms with van der Waals surface area (Å²) < 4.78 is 10.4. The van der Waals surface area contributed by atoms with Gasteiger partial charge in [0, 0.05) is 18.1 Å². The maximum absolute atomic E-state index is 11.9. The number of halogens is 1. The van der Waals surface area contributed by atoms with Crippen molar-refractivity contribution in [2.75, 3.05) is 20.8 Å². The molecule has 0 aromatic heterocycles. The molecule has 128 valence electrons. The molecule has 0 aliphatic heterocycles. The van der Waals surface area contributed by atoms with Gasteiger partial charge in [-0.25, -0.2) is 0 Å². The van der Waals surface area contributed by atoms with Gasteiger partial charge in [-0.2, -0.15) is 0 Å². The summed E-state index contributed by atoms with van der Waals surface area (Å²) in [6, 6.07) is 13.1. The van der Waals surface area contributed by atoms with E-state index in [1.54, 1.807) is 14.2 Å². The number of benzene rings is 2. The van der Waals surface area contributed by atoms with Gasteiger partial charge in [-0.05, 0) is 29.3 Å². The van der Waals surface area contributed by atoms with Gasteiger partial charge in [0.1, 0.15) is 0 Å². The Morgan fingerprint density at radius 3 is 2.50 bits per heavy atom. The van der Waals surface area contributed by atoms with Crippen molar-refractivity contribution >= 4 is 17.5 Å². The Labute approximate surface area is 146 Å². The maximum atomic E-state index is 11.9. The predicted octanol–water partition coefficient (Wildman–Crippen LogP) is 2.76. The van der Waals surface area contributed by atoms with Crippen LogP contribution in [0.2, 0.25) is 5.02 Å². The molecular weight excluding hydrogens is 328 g/mol. The van der Waals surface area contributed by atoms with Crippen LogP contribution in [0.25, 0.3) is 0 Å². The molecular formula is C18H21ClN2O3. The van der Waals surface area contributed by atoms with E-state index in [1.165, 1.54) is 0 Å². The van der Waals surface area contributed by atoms with Crippen LogP contribution in [0.3, 0.4) is 0 Å². The number of carbonyl (C=O) groups is 1. The minimum atomic E-state index is -0.0863. The van der Waals surface area contributed by atoms with Crippen LogP contribution in [-0.2, 0) is 17.9 Å². The first-order valence-electron chi connectivity index (χ1n) is 7.55. The summed E-state index contributed by atoms with van der Waals surface area (Å²) in [6.45, 7) is 1.19. The van der Waals surface area contributed by atoms with Crippen molar-refractivity contribution in [3.05, 3.63) is 58.6 Å². The van der Waals surface area contributed by atoms with Crippen molar-refractivity contribution in [1.29, 1.82) is 0 Å². The molecule has 0 unspecified atom stereocenters. The highest BCUT2D eigenvalue weighted by atomic mass is 35.5. The molecule has 0 bridgehead atoms. The summed E-state index contributed by atoms with van der Waals surface area (Å²) in [5, 5.41) is 6.63. The van der Waals surface area contributed by atoms with Gasteiger partial charge in [0.25, 0.3) is 0 Å². The number of rotatable bonds is 8. The molecule has 24 heavy (non-hydrogen) atoms. The molecule has 2 N–H and O–H groups in total. The van der Waals surface area contributed by atoms with Crippen LogP contribution in [-0.4, -0.2) is 26.7 Å². The van der Waals surface area contributed by atoms with Crippen LogP contribution in [0.4, 0.5) is 0 Å². The Morgan fingerprint density at radius 1 is 1.04 bits per heavy atom. The summed E-state index contributed by atoms with van der Waals surface area (Å²) in [4.78, 5) is 11.9. The number of amides is 1. The molecule has 2 rings (SSSR count). The zero-order valence-corrected chi connectivity index (χ0v) is 14.5. The molecule has 0 aliphatic rings. The molecule has 0 saturated carbocycles. The summed E-state index contributed by atoms with van der Waals surface area (Å²) in [7, 11) is 3.17. The van der Waals surface area contributed by atoms with Crippen LogP contribution in [0.1, 0.15) is 11.1 Å². The number of carbonyl (C=O) groups excluding carboxylic acids is 1. The third kappa shape index (κ3) is 5.15. The Morgan fingerprint density at radius 2 is 1.79 bits per heavy atom. The molecule has 0 heterocycles. The van der Waals surface area contributed by atoms with Crippen LogP contribution in [0.5, 0.6) is 11.5 Å². The number of hydrogen-bond acceptors (Lipinski definition) is 4. The zero-order chi connectivity index (χ0) is 17.4. The predicted molar refractivity (Wildman–Crippen MR) is 94.6 cm³/mol. The average Bonchev–Trinajstić information content (AvgIpc) is 2.61. The average molecular weight is 349 g/mol. The molecule has 0 atom stereocenters. The van der Waals surface area contributed by atoms with E-state index in [9.17, 15) is 4.79 Å². The second-order valence-electron chi connectivity index (χ2n) is 5.16. The van der Waals surface area contributed by atoms with E-state index >= 15 is 0 Å². The summed E-state index contributed by atoms with van der Waals surface area (Å²) in [6.07, 6.45) is 0. The van der Waals surface area contributed by atoms with Crippen molar-refractivity contribution in [3.63, 3.8) is 0 Å². The normalized spacial score (nSPS) is 10.3. The fraction of sp³-hybridized carbons (Fsp3) is 0.278. The first kappa shape index (κ1) is 18.1. The summed E-state index contributed by atoms with van der Waals surface area (Å²) in [5.41, 5.74) is 1.90. The van der Waals surface area contributed by atoms with E-state index in [0.717, 1.165) is 11.1 Å². The Bertz CT molecular complexity index is 692. The minimum Gasteiger partial charge on any atom is -0.493 e. The molecule has 2 aromatic rings. The van der Waals surface area contributed by atoms with Crippen molar-refractivity contribution in [3.8, 4) is 11.5 Å². The lowest BCUT2D eigenvalue weighted by molar-refractivity contribution is -0.120. The van der Waals surface area contributed by atoms with Gasteiger partial charge in [-0.1, -0.05) is 35.9 Å². The van der Waals surface area contributed by atoms with Crippen molar-refractivity contribution < 1.29 is 14.3 Å². The standard InChI is InChI=1S/C18H21ClN2O3/c1-23-16-8-7-13(9-17(16)24-2)10-21-18(22)12-20-11-14-5-3-4-6-15(14)19/h3-9,20H,10-12H2,1-2H3,(H,21,22). The molecule has 2 aromatic carbocycles. The highest BCUT2D eigenvalue weighted by Crippen LogP contribution is 2.27. The van der Waals surface area contributed by atoms with Gasteiger partial charge in [0.15, 0.2) is 11.5 Å². The molecule has 1 amide bonds. The third-order valence-corrected chi connectivity index (χ3v) is 3.87. The van der Waals surface area contributed by atoms with Gasteiger partial charge < -0.3 is 20.1 Å². The minimum absolute atomic E-state index is 0.0863. The number of hydrogen-bond donors (Lipinski definition) is 2. The van der Waals surface area contributed by atoms with Crippen molar-refractivity contribution in [2.45, 2.75) is 13.1 Å². The molecule has 5 nitrogen and oxygen atoms in total. The molecule has 0 spiro atoms. The highest BCUT2D eigenvalue weighted by molar-refractivity contribution is 6.31. The number of methoxy groups -OCH3 is 2. The van der Waals surface area contributed by atoms with E-state index < -0.39 is 0 Å². The Kier molecular flexibility index (Phi) is 6.90. The quantitative estimate of drug-likeness (QED) is 0.770. The molecule has 0 fully saturated rings. The fourth-order valence-electron chi connectivity index (χ4n) is 2.21. The van der Waals surface area contributed by atoms with Crippen LogP contribution < -0.4 is 20.1 Å². The maximum Gasteiger partial charge on any atom is 0.234 e. The van der Waals surface area contributed by atoms with Gasteiger partial charge in [0.05, 0.1) is 20.8 Å². The largest absolute Gasteiger partial charge is 0.493 e. The number of nitrogens with one attached hydrogen (secondary N) is 2. The zero-order valence-electron chi connectivity index (χ0n) is 13.8. The monoisotopic (exact) mass is 348 g/mol. The smallest absolute Gasteiger partial charge is 0.234 e. The fourth-order valence-corrected chi connectivity index (χ4v) is 2.41. The second-order valence-corrected chi connectivity index (χ2v) is 5.57. The summed E-state index contributed by atoms with van der Waals surface area (Å²) in [5.74, 6) is 1.21. The lowest BCUT2D eigenvalue weighted by Crippen LogP contribution is -2.33. The van der Waals surface area contributed by atoms with Gasteiger partial charge >= 0.3 is 0 Å². The van der Waals surface area contributed by atoms with Crippen LogP contribution in [0.15, 0.2) is 42.5 Å². The van der Waals surface area contributed by atoms with E-state index in [0.29, 0.717) is 29.6 Å². The lowest BCUT2D eigenvalue weighted by Gasteiger charge is -2.11. The van der Waals surface area contributed by atoms with E-state index in [1.807, 2.05) is 42.5 Å². The van der Waals surface area contributed by atoms with E-state index in [2.05, 4.69) is 10.6 Å². The SMILES string of the molecule is COc1ccc(CNC(=O)CNCc2ccccc2Cl)cc1OC. The van der Waals surface area contributed by atoms with E-state index in [-0.39, 0.29) is 12.5 Å².